The molecule has 0 atom stereocenters. The number of hydrogen-bond acceptors (Lipinski definition) is 6. The minimum atomic E-state index is -0.490. The molecule has 2 rings (SSSR count). The second-order valence-corrected chi connectivity index (χ2v) is 4.67. The van der Waals surface area contributed by atoms with Crippen molar-refractivity contribution >= 4 is 27.4 Å². The molecule has 1 aromatic carbocycles. The molecule has 0 bridgehead atoms. The van der Waals surface area contributed by atoms with Crippen LogP contribution < -0.4 is 10.1 Å². The fourth-order valence-electron chi connectivity index (χ4n) is 1.61. The number of aromatic nitrogens is 2. The molecule has 0 fully saturated rings. The van der Waals surface area contributed by atoms with E-state index in [0.717, 1.165) is 0 Å². The number of hydrogen-bond donors (Lipinski definition) is 1. The summed E-state index contributed by atoms with van der Waals surface area (Å²) in [4.78, 5) is 18.5. The molecule has 0 amide bonds. The maximum atomic E-state index is 11.0. The van der Waals surface area contributed by atoms with Crippen LogP contribution in [-0.2, 0) is 0 Å². The minimum absolute atomic E-state index is 0.110. The van der Waals surface area contributed by atoms with Crippen molar-refractivity contribution in [1.29, 1.82) is 0 Å². The van der Waals surface area contributed by atoms with E-state index in [1.165, 1.54) is 12.4 Å². The number of rotatable bonds is 4. The van der Waals surface area contributed by atoms with Gasteiger partial charge in [0.1, 0.15) is 16.6 Å². The van der Waals surface area contributed by atoms with Gasteiger partial charge in [0, 0.05) is 13.1 Å². The third kappa shape index (κ3) is 2.69. The van der Waals surface area contributed by atoms with Crippen molar-refractivity contribution in [2.24, 2.45) is 0 Å². The van der Waals surface area contributed by atoms with Crippen molar-refractivity contribution in [3.8, 4) is 11.6 Å². The molecule has 0 aliphatic heterocycles. The molecule has 0 radical (unpaired) electrons. The zero-order valence-corrected chi connectivity index (χ0v) is 12.3. The number of anilines is 1. The van der Waals surface area contributed by atoms with Gasteiger partial charge in [0.25, 0.3) is 0 Å². The van der Waals surface area contributed by atoms with Crippen molar-refractivity contribution in [1.82, 2.24) is 9.97 Å². The molecule has 1 heterocycles. The first-order valence-electron chi connectivity index (χ1n) is 5.64. The Kier molecular flexibility index (Phi) is 4.14. The lowest BCUT2D eigenvalue weighted by Gasteiger charge is -2.10. The molecule has 20 heavy (non-hydrogen) atoms. The van der Waals surface area contributed by atoms with Gasteiger partial charge < -0.3 is 10.1 Å². The molecule has 0 aliphatic rings. The number of nitro groups is 1. The molecule has 0 spiro atoms. The predicted octanol–water partition coefficient (Wildman–Crippen LogP) is 3.29. The number of nitrogens with zero attached hydrogens (tertiary/aromatic N) is 3. The van der Waals surface area contributed by atoms with Crippen LogP contribution in [0.1, 0.15) is 5.56 Å². The Morgan fingerprint density at radius 2 is 2.15 bits per heavy atom. The van der Waals surface area contributed by atoms with E-state index in [9.17, 15) is 10.1 Å². The fraction of sp³-hybridized carbons (Fsp3) is 0.167. The van der Waals surface area contributed by atoms with E-state index >= 15 is 0 Å². The van der Waals surface area contributed by atoms with Crippen LogP contribution in [0.2, 0.25) is 0 Å². The van der Waals surface area contributed by atoms with E-state index in [1.807, 2.05) is 0 Å². The molecule has 0 unspecified atom stereocenters. The smallest absolute Gasteiger partial charge is 0.311 e. The Morgan fingerprint density at radius 3 is 2.80 bits per heavy atom. The second-order valence-electron chi connectivity index (χ2n) is 3.87. The number of ether oxygens (including phenoxy) is 1. The Labute approximate surface area is 123 Å². The Bertz CT molecular complexity index is 663. The van der Waals surface area contributed by atoms with Crippen molar-refractivity contribution < 1.29 is 9.66 Å². The van der Waals surface area contributed by atoms with Crippen LogP contribution in [0.5, 0.6) is 11.6 Å². The van der Waals surface area contributed by atoms with Crippen molar-refractivity contribution in [2.45, 2.75) is 6.92 Å². The lowest BCUT2D eigenvalue weighted by molar-refractivity contribution is -0.385. The number of benzene rings is 1. The molecular weight excluding hydrogens is 328 g/mol. The van der Waals surface area contributed by atoms with Crippen LogP contribution in [-0.4, -0.2) is 21.9 Å². The van der Waals surface area contributed by atoms with Gasteiger partial charge in [-0.15, -0.1) is 0 Å². The first kappa shape index (κ1) is 14.2. The summed E-state index contributed by atoms with van der Waals surface area (Å²) in [6, 6.07) is 4.72. The molecule has 0 saturated carbocycles. The second kappa shape index (κ2) is 5.83. The summed E-state index contributed by atoms with van der Waals surface area (Å²) < 4.78 is 6.10. The van der Waals surface area contributed by atoms with Gasteiger partial charge in [0.15, 0.2) is 0 Å². The van der Waals surface area contributed by atoms with Gasteiger partial charge in [-0.2, -0.15) is 0 Å². The summed E-state index contributed by atoms with van der Waals surface area (Å²) >= 11 is 3.30. The molecule has 7 nitrogen and oxygen atoms in total. The zero-order chi connectivity index (χ0) is 14.7. The summed E-state index contributed by atoms with van der Waals surface area (Å²) in [6.45, 7) is 1.73. The van der Waals surface area contributed by atoms with E-state index in [2.05, 4.69) is 31.2 Å². The predicted molar refractivity (Wildman–Crippen MR) is 77.2 cm³/mol. The summed E-state index contributed by atoms with van der Waals surface area (Å²) in [6.07, 6.45) is 1.32. The minimum Gasteiger partial charge on any atom is -0.430 e. The maximum Gasteiger partial charge on any atom is 0.311 e. The lowest BCUT2D eigenvalue weighted by atomic mass is 10.2. The number of aryl methyl sites for hydroxylation is 1. The molecule has 2 aromatic rings. The summed E-state index contributed by atoms with van der Waals surface area (Å²) in [5, 5.41) is 13.9. The highest BCUT2D eigenvalue weighted by atomic mass is 79.9. The average molecular weight is 339 g/mol. The summed E-state index contributed by atoms with van der Waals surface area (Å²) in [7, 11) is 1.70. The van der Waals surface area contributed by atoms with Crippen LogP contribution in [0.25, 0.3) is 0 Å². The normalized spacial score (nSPS) is 10.2. The zero-order valence-electron chi connectivity index (χ0n) is 10.8. The molecule has 0 aliphatic carbocycles. The maximum absolute atomic E-state index is 11.0. The fourth-order valence-corrected chi connectivity index (χ4v) is 2.09. The van der Waals surface area contributed by atoms with Gasteiger partial charge in [-0.3, -0.25) is 10.1 Å². The van der Waals surface area contributed by atoms with E-state index in [-0.39, 0.29) is 17.3 Å². The van der Waals surface area contributed by atoms with E-state index in [1.54, 1.807) is 26.1 Å². The van der Waals surface area contributed by atoms with Gasteiger partial charge in [-0.05, 0) is 28.4 Å². The molecule has 8 heteroatoms. The van der Waals surface area contributed by atoms with E-state index in [0.29, 0.717) is 15.9 Å². The topological polar surface area (TPSA) is 90.2 Å². The van der Waals surface area contributed by atoms with Gasteiger partial charge in [-0.1, -0.05) is 12.1 Å². The van der Waals surface area contributed by atoms with E-state index in [4.69, 9.17) is 4.74 Å². The first-order chi connectivity index (χ1) is 9.54. The Morgan fingerprint density at radius 1 is 1.40 bits per heavy atom. The van der Waals surface area contributed by atoms with Crippen LogP contribution in [0, 0.1) is 17.0 Å². The van der Waals surface area contributed by atoms with Gasteiger partial charge >= 0.3 is 5.69 Å². The quantitative estimate of drug-likeness (QED) is 0.679. The highest BCUT2D eigenvalue weighted by Crippen LogP contribution is 2.37. The molecule has 0 saturated heterocycles. The van der Waals surface area contributed by atoms with Crippen LogP contribution in [0.4, 0.5) is 11.5 Å². The van der Waals surface area contributed by atoms with Crippen molar-refractivity contribution in [3.63, 3.8) is 0 Å². The first-order valence-corrected chi connectivity index (χ1v) is 6.44. The average Bonchev–Trinajstić information content (AvgIpc) is 2.42. The lowest BCUT2D eigenvalue weighted by Crippen LogP contribution is -2.00. The van der Waals surface area contributed by atoms with Gasteiger partial charge in [0.05, 0.1) is 4.92 Å². The molecular formula is C12H11BrN4O3. The molecule has 104 valence electrons. The van der Waals surface area contributed by atoms with Crippen molar-refractivity contribution in [3.05, 3.63) is 44.7 Å². The Hall–Kier alpha value is -2.22. The largest absolute Gasteiger partial charge is 0.430 e. The van der Waals surface area contributed by atoms with Crippen molar-refractivity contribution in [2.75, 3.05) is 12.4 Å². The monoisotopic (exact) mass is 338 g/mol. The summed E-state index contributed by atoms with van der Waals surface area (Å²) in [5.41, 5.74) is 0.539. The van der Waals surface area contributed by atoms with E-state index < -0.39 is 4.92 Å². The molecule has 1 aromatic heterocycles. The SMILES string of the molecule is CNc1ncnc(Oc2c(C)cccc2[N+](=O)[O-])c1Br. The standard InChI is InChI=1S/C12H11BrN4O3/c1-7-4-3-5-8(17(18)19)10(7)20-12-9(13)11(14-2)15-6-16-12/h3-6H,1-2H3,(H,14,15,16). The van der Waals surface area contributed by atoms with Crippen LogP contribution >= 0.6 is 15.9 Å². The van der Waals surface area contributed by atoms with Gasteiger partial charge in [0.2, 0.25) is 11.6 Å². The number of nitro benzene ring substituents is 1. The highest BCUT2D eigenvalue weighted by molar-refractivity contribution is 9.10. The molecule has 1 N–H and O–H groups in total. The number of para-hydroxylation sites is 1. The highest BCUT2D eigenvalue weighted by Gasteiger charge is 2.20. The Balaban J connectivity index is 2.48. The van der Waals surface area contributed by atoms with Gasteiger partial charge in [-0.25, -0.2) is 9.97 Å². The number of nitrogens with one attached hydrogen (secondary N) is 1. The third-order valence-electron chi connectivity index (χ3n) is 2.58. The number of halogens is 1. The summed E-state index contributed by atoms with van der Waals surface area (Å²) in [5.74, 6) is 0.909. The van der Waals surface area contributed by atoms with Crippen LogP contribution in [0.3, 0.4) is 0 Å². The van der Waals surface area contributed by atoms with Crippen LogP contribution in [0.15, 0.2) is 29.0 Å². The third-order valence-corrected chi connectivity index (χ3v) is 3.30.